The van der Waals surface area contributed by atoms with Crippen LogP contribution in [0.1, 0.15) is 284 Å². The van der Waals surface area contributed by atoms with Crippen LogP contribution in [0.25, 0.3) is 0 Å². The van der Waals surface area contributed by atoms with Crippen LogP contribution in [-0.4, -0.2) is 49.3 Å². The molecule has 0 heterocycles. The molecule has 0 radical (unpaired) electrons. The summed E-state index contributed by atoms with van der Waals surface area (Å²) in [4.78, 5) is 35.3. The SMILES string of the molecule is CC/C=C\C/C=C\C/C=C\C/C=C\C/C=C\C/C=C\C/C=C\C/C=C\C/C=C\C/C=C\C/C=C\CCCCCCCC(=O)OC(COC(=O)CCCCCCCCCCCCCCC/C=C\CCCCCCCCCC)COP(=O)(O)OCCN. The third kappa shape index (κ3) is 68.9. The molecular weight excluding hydrogens is 1070 g/mol. The number of unbranched alkanes of at least 4 members (excludes halogenated alkanes) is 26. The molecule has 0 saturated carbocycles. The maximum absolute atomic E-state index is 12.8. The van der Waals surface area contributed by atoms with Gasteiger partial charge in [0.25, 0.3) is 0 Å². The van der Waals surface area contributed by atoms with Crippen LogP contribution in [0.15, 0.2) is 146 Å². The number of ether oxygens (including phenoxy) is 2. The summed E-state index contributed by atoms with van der Waals surface area (Å²) >= 11 is 0. The fraction of sp³-hybridized carbons (Fsp3) is 0.653. The maximum atomic E-state index is 12.8. The van der Waals surface area contributed by atoms with Crippen molar-refractivity contribution in [3.8, 4) is 0 Å². The van der Waals surface area contributed by atoms with E-state index in [-0.39, 0.29) is 38.6 Å². The Hall–Kier alpha value is -4.11. The molecule has 0 spiro atoms. The molecule has 9 nitrogen and oxygen atoms in total. The molecule has 3 N–H and O–H groups in total. The van der Waals surface area contributed by atoms with Crippen molar-refractivity contribution < 1.29 is 37.6 Å². The number of phosphoric ester groups is 1. The Morgan fingerprint density at radius 1 is 0.365 bits per heavy atom. The minimum atomic E-state index is -4.41. The van der Waals surface area contributed by atoms with E-state index in [0.29, 0.717) is 6.42 Å². The Labute approximate surface area is 522 Å². The van der Waals surface area contributed by atoms with Crippen LogP contribution < -0.4 is 5.73 Å². The highest BCUT2D eigenvalue weighted by Gasteiger charge is 2.26. The highest BCUT2D eigenvalue weighted by molar-refractivity contribution is 7.47. The van der Waals surface area contributed by atoms with Gasteiger partial charge in [0.05, 0.1) is 13.2 Å². The Balaban J connectivity index is 4.01. The number of esters is 2. The first-order chi connectivity index (χ1) is 41.8. The van der Waals surface area contributed by atoms with E-state index in [9.17, 15) is 19.0 Å². The van der Waals surface area contributed by atoms with Crippen molar-refractivity contribution in [2.24, 2.45) is 5.73 Å². The summed E-state index contributed by atoms with van der Waals surface area (Å²) in [5.41, 5.74) is 5.40. The van der Waals surface area contributed by atoms with Gasteiger partial charge in [-0.05, 0) is 122 Å². The van der Waals surface area contributed by atoms with Crippen molar-refractivity contribution in [1.29, 1.82) is 0 Å². The lowest BCUT2D eigenvalue weighted by atomic mass is 10.0. The summed E-state index contributed by atoms with van der Waals surface area (Å²) in [6, 6.07) is 0. The fourth-order valence-corrected chi connectivity index (χ4v) is 9.93. The number of carbonyl (C=O) groups is 2. The smallest absolute Gasteiger partial charge is 0.462 e. The van der Waals surface area contributed by atoms with E-state index in [1.807, 2.05) is 0 Å². The quantitative estimate of drug-likeness (QED) is 0.0264. The lowest BCUT2D eigenvalue weighted by Crippen LogP contribution is -2.29. The molecule has 0 aliphatic carbocycles. The van der Waals surface area contributed by atoms with Crippen LogP contribution in [0.3, 0.4) is 0 Å². The highest BCUT2D eigenvalue weighted by Crippen LogP contribution is 2.43. The average Bonchev–Trinajstić information content (AvgIpc) is 3.53. The van der Waals surface area contributed by atoms with Crippen LogP contribution in [0, 0.1) is 0 Å². The molecule has 0 aliphatic heterocycles. The van der Waals surface area contributed by atoms with E-state index in [1.54, 1.807) is 0 Å². The van der Waals surface area contributed by atoms with Gasteiger partial charge in [-0.15, -0.1) is 0 Å². The van der Waals surface area contributed by atoms with Crippen molar-refractivity contribution in [2.75, 3.05) is 26.4 Å². The monoisotopic (exact) mass is 1200 g/mol. The second-order valence-electron chi connectivity index (χ2n) is 22.3. The molecule has 0 aromatic heterocycles. The van der Waals surface area contributed by atoms with Gasteiger partial charge in [0.15, 0.2) is 6.10 Å². The molecule has 484 valence electrons. The van der Waals surface area contributed by atoms with Gasteiger partial charge in [0.1, 0.15) is 6.61 Å². The molecule has 0 bridgehead atoms. The molecule has 10 heteroatoms. The zero-order valence-corrected chi connectivity index (χ0v) is 55.2. The predicted octanol–water partition coefficient (Wildman–Crippen LogP) is 22.6. The van der Waals surface area contributed by atoms with E-state index in [2.05, 4.69) is 160 Å². The first-order valence-electron chi connectivity index (χ1n) is 34.3. The van der Waals surface area contributed by atoms with E-state index < -0.39 is 26.5 Å². The molecule has 0 aromatic rings. The zero-order chi connectivity index (χ0) is 61.6. The largest absolute Gasteiger partial charge is 0.472 e. The van der Waals surface area contributed by atoms with E-state index >= 15 is 0 Å². The second kappa shape index (κ2) is 69.0. The predicted molar refractivity (Wildman–Crippen MR) is 367 cm³/mol. The normalized spacial score (nSPS) is 13.9. The van der Waals surface area contributed by atoms with Gasteiger partial charge in [0, 0.05) is 19.4 Å². The van der Waals surface area contributed by atoms with Gasteiger partial charge in [-0.25, -0.2) is 4.57 Å². The van der Waals surface area contributed by atoms with Crippen LogP contribution in [0.5, 0.6) is 0 Å². The Morgan fingerprint density at radius 3 is 0.976 bits per heavy atom. The molecule has 0 rings (SSSR count). The number of phosphoric acid groups is 1. The van der Waals surface area contributed by atoms with Crippen LogP contribution in [-0.2, 0) is 32.7 Å². The standard InChI is InChI=1S/C75H126NO8P/c1-3-5-7-9-11-13-15-17-19-21-23-25-27-29-30-31-32-33-34-35-36-37-38-39-40-41-42-44-46-48-50-52-54-56-58-60-62-64-66-68-75(78)84-73(72-83-85(79,80)82-70-69-76)71-81-74(77)67-65-63-61-59-57-55-53-51-49-47-45-43-28-26-24-22-20-18-16-14-12-10-8-6-4-2/h5,7,11,13,17,19,22-25,29-30,32-33,35-36,38-39,41-42,46,48,52,54,73H,3-4,6,8-10,12,14-16,18,20-21,26-28,31,34,37,40,43-45,47,49-51,53,55-72,76H2,1-2H3,(H,79,80)/b7-5-,13-11-,19-17-,24-22-,25-23-,30-29-,33-32-,36-35-,39-38-,42-41-,48-46-,54-52-. The molecule has 0 saturated heterocycles. The minimum Gasteiger partial charge on any atom is -0.462 e. The van der Waals surface area contributed by atoms with Crippen molar-refractivity contribution in [2.45, 2.75) is 290 Å². The summed E-state index contributed by atoms with van der Waals surface area (Å²) < 4.78 is 33.1. The molecular formula is C75H126NO8P. The summed E-state index contributed by atoms with van der Waals surface area (Å²) in [6.07, 6.45) is 99.3. The lowest BCUT2D eigenvalue weighted by Gasteiger charge is -2.19. The summed E-state index contributed by atoms with van der Waals surface area (Å²) in [5, 5.41) is 0. The number of hydrogen-bond donors (Lipinski definition) is 2. The van der Waals surface area contributed by atoms with Crippen molar-refractivity contribution in [1.82, 2.24) is 0 Å². The third-order valence-electron chi connectivity index (χ3n) is 14.2. The number of carbonyl (C=O) groups excluding carboxylic acids is 2. The molecule has 0 aromatic carbocycles. The first-order valence-corrected chi connectivity index (χ1v) is 35.8. The van der Waals surface area contributed by atoms with Crippen molar-refractivity contribution in [3.63, 3.8) is 0 Å². The van der Waals surface area contributed by atoms with Gasteiger partial charge < -0.3 is 20.1 Å². The Bertz CT molecular complexity index is 1900. The van der Waals surface area contributed by atoms with Gasteiger partial charge >= 0.3 is 19.8 Å². The minimum absolute atomic E-state index is 0.0435. The molecule has 0 aliphatic rings. The number of allylic oxidation sites excluding steroid dienone is 24. The first kappa shape index (κ1) is 80.9. The molecule has 2 atom stereocenters. The van der Waals surface area contributed by atoms with Crippen LogP contribution >= 0.6 is 7.82 Å². The number of nitrogens with two attached hydrogens (primary N) is 1. The molecule has 0 fully saturated rings. The summed E-state index contributed by atoms with van der Waals surface area (Å²) in [7, 11) is -4.41. The summed E-state index contributed by atoms with van der Waals surface area (Å²) in [5.74, 6) is -0.852. The van der Waals surface area contributed by atoms with E-state index in [4.69, 9.17) is 24.3 Å². The average molecular weight is 1200 g/mol. The van der Waals surface area contributed by atoms with Gasteiger partial charge in [-0.1, -0.05) is 295 Å². The second-order valence-corrected chi connectivity index (χ2v) is 23.8. The maximum Gasteiger partial charge on any atom is 0.472 e. The van der Waals surface area contributed by atoms with Gasteiger partial charge in [0.2, 0.25) is 0 Å². The number of hydrogen-bond acceptors (Lipinski definition) is 8. The molecule has 85 heavy (non-hydrogen) atoms. The van der Waals surface area contributed by atoms with E-state index in [1.165, 1.54) is 128 Å². The van der Waals surface area contributed by atoms with Crippen LogP contribution in [0.2, 0.25) is 0 Å². The topological polar surface area (TPSA) is 134 Å². The summed E-state index contributed by atoms with van der Waals surface area (Å²) in [6.45, 7) is 3.62. The fourth-order valence-electron chi connectivity index (χ4n) is 9.17. The third-order valence-corrected chi connectivity index (χ3v) is 15.2. The highest BCUT2D eigenvalue weighted by atomic mass is 31.2. The molecule has 0 amide bonds. The molecule has 2 unspecified atom stereocenters. The van der Waals surface area contributed by atoms with Crippen molar-refractivity contribution >= 4 is 19.8 Å². The van der Waals surface area contributed by atoms with Crippen LogP contribution in [0.4, 0.5) is 0 Å². The van der Waals surface area contributed by atoms with Gasteiger partial charge in [-0.3, -0.25) is 18.6 Å². The van der Waals surface area contributed by atoms with Gasteiger partial charge in [-0.2, -0.15) is 0 Å². The Morgan fingerprint density at radius 2 is 0.647 bits per heavy atom. The zero-order valence-electron chi connectivity index (χ0n) is 54.3. The number of rotatable bonds is 63. The Kier molecular flexibility index (Phi) is 65.7. The van der Waals surface area contributed by atoms with E-state index in [0.717, 1.165) is 122 Å². The lowest BCUT2D eigenvalue weighted by molar-refractivity contribution is -0.161. The van der Waals surface area contributed by atoms with Crippen molar-refractivity contribution in [3.05, 3.63) is 146 Å².